The largest absolute Gasteiger partial charge is 0.481 e. The van der Waals surface area contributed by atoms with Gasteiger partial charge < -0.3 is 15.2 Å². The molecule has 1 rings (SSSR count). The molecule has 5 heteroatoms. The standard InChI is InChI=1S/C12H21NO4/c1-3-12(4-2)8-9(5-6-17-12)13-10(14)7-11(15)16/h9H,3-8H2,1-2H3,(H,13,14)(H,15,16). The fourth-order valence-corrected chi connectivity index (χ4v) is 2.31. The van der Waals surface area contributed by atoms with Gasteiger partial charge in [0.15, 0.2) is 0 Å². The van der Waals surface area contributed by atoms with Gasteiger partial charge in [-0.05, 0) is 25.7 Å². The fraction of sp³-hybridized carbons (Fsp3) is 0.833. The quantitative estimate of drug-likeness (QED) is 0.714. The van der Waals surface area contributed by atoms with E-state index in [1.165, 1.54) is 0 Å². The van der Waals surface area contributed by atoms with Crippen LogP contribution in [0.25, 0.3) is 0 Å². The lowest BCUT2D eigenvalue weighted by atomic mass is 9.86. The van der Waals surface area contributed by atoms with Gasteiger partial charge in [0.1, 0.15) is 6.42 Å². The van der Waals surface area contributed by atoms with Gasteiger partial charge in [0.2, 0.25) is 5.91 Å². The number of carboxylic acid groups (broad SMARTS) is 1. The zero-order valence-electron chi connectivity index (χ0n) is 10.5. The molecule has 1 saturated heterocycles. The average Bonchev–Trinajstić information content (AvgIpc) is 2.28. The second kappa shape index (κ2) is 6.00. The lowest BCUT2D eigenvalue weighted by Gasteiger charge is -2.40. The minimum Gasteiger partial charge on any atom is -0.481 e. The Kier molecular flexibility index (Phi) is 4.93. The first-order valence-corrected chi connectivity index (χ1v) is 6.16. The number of carboxylic acids is 1. The molecular formula is C12H21NO4. The molecule has 0 radical (unpaired) electrons. The molecule has 1 atom stereocenters. The van der Waals surface area contributed by atoms with Gasteiger partial charge in [0.05, 0.1) is 5.60 Å². The van der Waals surface area contributed by atoms with Gasteiger partial charge in [-0.3, -0.25) is 9.59 Å². The lowest BCUT2D eigenvalue weighted by Crippen LogP contribution is -2.48. The van der Waals surface area contributed by atoms with Crippen LogP contribution >= 0.6 is 0 Å². The van der Waals surface area contributed by atoms with Crippen molar-refractivity contribution in [2.24, 2.45) is 0 Å². The molecule has 1 unspecified atom stereocenters. The van der Waals surface area contributed by atoms with Crippen LogP contribution in [0.4, 0.5) is 0 Å². The van der Waals surface area contributed by atoms with Crippen LogP contribution in [-0.4, -0.2) is 35.2 Å². The summed E-state index contributed by atoms with van der Waals surface area (Å²) in [5, 5.41) is 11.3. The van der Waals surface area contributed by atoms with Crippen molar-refractivity contribution in [3.63, 3.8) is 0 Å². The summed E-state index contributed by atoms with van der Waals surface area (Å²) in [6, 6.07) is 0.0375. The summed E-state index contributed by atoms with van der Waals surface area (Å²) in [5.41, 5.74) is -0.153. The maximum atomic E-state index is 11.4. The molecule has 1 aliphatic heterocycles. The third kappa shape index (κ3) is 4.00. The van der Waals surface area contributed by atoms with Crippen LogP contribution in [0.3, 0.4) is 0 Å². The van der Waals surface area contributed by atoms with Crippen molar-refractivity contribution in [3.05, 3.63) is 0 Å². The van der Waals surface area contributed by atoms with Gasteiger partial charge in [-0.2, -0.15) is 0 Å². The molecule has 98 valence electrons. The topological polar surface area (TPSA) is 75.6 Å². The summed E-state index contributed by atoms with van der Waals surface area (Å²) in [6.07, 6.45) is 2.89. The second-order valence-electron chi connectivity index (χ2n) is 4.57. The first-order chi connectivity index (χ1) is 8.01. The Morgan fingerprint density at radius 3 is 2.59 bits per heavy atom. The third-order valence-corrected chi connectivity index (χ3v) is 3.46. The molecule has 2 N–H and O–H groups in total. The molecule has 0 spiro atoms. The Morgan fingerprint density at radius 1 is 1.41 bits per heavy atom. The number of amides is 1. The number of hydrogen-bond donors (Lipinski definition) is 2. The number of hydrogen-bond acceptors (Lipinski definition) is 3. The SMILES string of the molecule is CCC1(CC)CC(NC(=O)CC(=O)O)CCO1. The van der Waals surface area contributed by atoms with Crippen LogP contribution < -0.4 is 5.32 Å². The van der Waals surface area contributed by atoms with Gasteiger partial charge in [-0.1, -0.05) is 13.8 Å². The molecule has 0 aliphatic carbocycles. The van der Waals surface area contributed by atoms with Gasteiger partial charge in [-0.15, -0.1) is 0 Å². The highest BCUT2D eigenvalue weighted by Crippen LogP contribution is 2.31. The summed E-state index contributed by atoms with van der Waals surface area (Å²) in [6.45, 7) is 4.77. The van der Waals surface area contributed by atoms with Crippen molar-refractivity contribution in [3.8, 4) is 0 Å². The van der Waals surface area contributed by atoms with Gasteiger partial charge in [0, 0.05) is 12.6 Å². The normalized spacial score (nSPS) is 23.1. The molecule has 1 heterocycles. The smallest absolute Gasteiger partial charge is 0.312 e. The molecule has 5 nitrogen and oxygen atoms in total. The van der Waals surface area contributed by atoms with E-state index in [1.54, 1.807) is 0 Å². The van der Waals surface area contributed by atoms with Crippen molar-refractivity contribution in [2.45, 2.75) is 57.6 Å². The molecular weight excluding hydrogens is 222 g/mol. The summed E-state index contributed by atoms with van der Waals surface area (Å²) >= 11 is 0. The highest BCUT2D eigenvalue weighted by Gasteiger charge is 2.35. The second-order valence-corrected chi connectivity index (χ2v) is 4.57. The van der Waals surface area contributed by atoms with Crippen LogP contribution in [0, 0.1) is 0 Å². The van der Waals surface area contributed by atoms with Crippen molar-refractivity contribution in [2.75, 3.05) is 6.61 Å². The predicted molar refractivity (Wildman–Crippen MR) is 62.7 cm³/mol. The summed E-state index contributed by atoms with van der Waals surface area (Å²) in [4.78, 5) is 21.8. The van der Waals surface area contributed by atoms with Gasteiger partial charge in [0.25, 0.3) is 0 Å². The zero-order valence-corrected chi connectivity index (χ0v) is 10.5. The number of carbonyl (C=O) groups excluding carboxylic acids is 1. The van der Waals surface area contributed by atoms with Crippen molar-refractivity contribution >= 4 is 11.9 Å². The van der Waals surface area contributed by atoms with E-state index in [4.69, 9.17) is 9.84 Å². The highest BCUT2D eigenvalue weighted by atomic mass is 16.5. The molecule has 1 amide bonds. The van der Waals surface area contributed by atoms with Crippen molar-refractivity contribution < 1.29 is 19.4 Å². The Balaban J connectivity index is 2.49. The number of rotatable bonds is 5. The van der Waals surface area contributed by atoms with E-state index in [2.05, 4.69) is 19.2 Å². The maximum absolute atomic E-state index is 11.4. The Morgan fingerprint density at radius 2 is 2.06 bits per heavy atom. The Labute approximate surface area is 102 Å². The summed E-state index contributed by atoms with van der Waals surface area (Å²) < 4.78 is 5.79. The summed E-state index contributed by atoms with van der Waals surface area (Å²) in [5.74, 6) is -1.50. The van der Waals surface area contributed by atoms with E-state index in [0.29, 0.717) is 6.61 Å². The number of nitrogens with one attached hydrogen (secondary N) is 1. The third-order valence-electron chi connectivity index (χ3n) is 3.46. The van der Waals surface area contributed by atoms with E-state index in [1.807, 2.05) is 0 Å². The van der Waals surface area contributed by atoms with E-state index >= 15 is 0 Å². The fourth-order valence-electron chi connectivity index (χ4n) is 2.31. The molecule has 0 bridgehead atoms. The maximum Gasteiger partial charge on any atom is 0.312 e. The predicted octanol–water partition coefficient (Wildman–Crippen LogP) is 1.32. The average molecular weight is 243 g/mol. The van der Waals surface area contributed by atoms with Crippen LogP contribution in [0.1, 0.15) is 46.0 Å². The van der Waals surface area contributed by atoms with Crippen LogP contribution in [0.2, 0.25) is 0 Å². The van der Waals surface area contributed by atoms with Crippen LogP contribution in [0.15, 0.2) is 0 Å². The summed E-state index contributed by atoms with van der Waals surface area (Å²) in [7, 11) is 0. The molecule has 0 aromatic carbocycles. The monoisotopic (exact) mass is 243 g/mol. The van der Waals surface area contributed by atoms with E-state index in [-0.39, 0.29) is 11.6 Å². The Hall–Kier alpha value is -1.10. The van der Waals surface area contributed by atoms with Gasteiger partial charge >= 0.3 is 5.97 Å². The lowest BCUT2D eigenvalue weighted by molar-refractivity contribution is -0.141. The van der Waals surface area contributed by atoms with Gasteiger partial charge in [-0.25, -0.2) is 0 Å². The zero-order chi connectivity index (χ0) is 12.9. The molecule has 0 aromatic rings. The van der Waals surface area contributed by atoms with E-state index < -0.39 is 18.3 Å². The molecule has 0 aromatic heterocycles. The van der Waals surface area contributed by atoms with Crippen LogP contribution in [-0.2, 0) is 14.3 Å². The first kappa shape index (κ1) is 14.0. The van der Waals surface area contributed by atoms with Crippen LogP contribution in [0.5, 0.6) is 0 Å². The minimum atomic E-state index is -1.09. The highest BCUT2D eigenvalue weighted by molar-refractivity contribution is 5.93. The van der Waals surface area contributed by atoms with E-state index in [0.717, 1.165) is 25.7 Å². The number of ether oxygens (including phenoxy) is 1. The Bertz CT molecular complexity index is 286. The number of aliphatic carboxylic acids is 1. The minimum absolute atomic E-state index is 0.0375. The molecule has 1 fully saturated rings. The van der Waals surface area contributed by atoms with E-state index in [9.17, 15) is 9.59 Å². The van der Waals surface area contributed by atoms with Crippen molar-refractivity contribution in [1.82, 2.24) is 5.32 Å². The first-order valence-electron chi connectivity index (χ1n) is 6.16. The molecule has 17 heavy (non-hydrogen) atoms. The number of carbonyl (C=O) groups is 2. The molecule has 0 saturated carbocycles. The van der Waals surface area contributed by atoms with Crippen molar-refractivity contribution in [1.29, 1.82) is 0 Å². The molecule has 1 aliphatic rings.